The smallest absolute Gasteiger partial charge is 0.292 e. The van der Waals surface area contributed by atoms with Gasteiger partial charge in [0.15, 0.2) is 0 Å². The van der Waals surface area contributed by atoms with Crippen molar-refractivity contribution in [2.45, 2.75) is 85.5 Å². The molecule has 31 heavy (non-hydrogen) atoms. The largest absolute Gasteiger partial charge is 0.387 e. The fourth-order valence-corrected chi connectivity index (χ4v) is 3.96. The van der Waals surface area contributed by atoms with Gasteiger partial charge in [-0.15, -0.1) is 10.5 Å². The van der Waals surface area contributed by atoms with E-state index in [0.717, 1.165) is 28.7 Å². The predicted molar refractivity (Wildman–Crippen MR) is 125 cm³/mol. The molecule has 0 amide bonds. The molecule has 0 N–H and O–H groups in total. The third-order valence-electron chi connectivity index (χ3n) is 5.60. The maximum Gasteiger partial charge on any atom is 0.292 e. The molecule has 0 fully saturated rings. The van der Waals surface area contributed by atoms with Gasteiger partial charge in [-0.05, 0) is 63.5 Å². The van der Waals surface area contributed by atoms with E-state index in [1.807, 2.05) is 12.5 Å². The number of benzene rings is 2. The van der Waals surface area contributed by atoms with Crippen LogP contribution in [0.15, 0.2) is 24.3 Å². The molecule has 0 aliphatic heterocycles. The Balaban J connectivity index is 2.65. The molecule has 4 heteroatoms. The van der Waals surface area contributed by atoms with Crippen molar-refractivity contribution in [3.8, 4) is 24.0 Å². The second-order valence-electron chi connectivity index (χ2n) is 9.39. The van der Waals surface area contributed by atoms with Crippen LogP contribution in [-0.4, -0.2) is 0 Å². The van der Waals surface area contributed by atoms with Crippen LogP contribution in [-0.2, 0) is 6.42 Å². The molecule has 0 bridgehead atoms. The number of hydrogen-bond donors (Lipinski definition) is 0. The Morgan fingerprint density at radius 2 is 0.839 bits per heavy atom. The summed E-state index contributed by atoms with van der Waals surface area (Å²) in [6, 6.07) is 8.64. The van der Waals surface area contributed by atoms with Gasteiger partial charge in [-0.2, -0.15) is 0 Å². The molecule has 2 aromatic carbocycles. The third kappa shape index (κ3) is 5.59. The highest BCUT2D eigenvalue weighted by atomic mass is 16.5. The topological polar surface area (TPSA) is 66.0 Å². The van der Waals surface area contributed by atoms with E-state index in [4.69, 9.17) is 20.0 Å². The first-order valence-corrected chi connectivity index (χ1v) is 11.1. The van der Waals surface area contributed by atoms with Crippen molar-refractivity contribution in [3.63, 3.8) is 0 Å². The van der Waals surface area contributed by atoms with Gasteiger partial charge < -0.3 is 9.47 Å². The standard InChI is InChI=1S/C27H34N2O2/c1-16(2)22-10-20(11-23(17(3)4)26(22)30-14-28)9-21-12-24(18(5)6)27(31-15-29)25(13-21)19(7)8/h10-13,16-19H,9H2,1-8H3. The van der Waals surface area contributed by atoms with Crippen LogP contribution in [0.25, 0.3) is 0 Å². The summed E-state index contributed by atoms with van der Waals surface area (Å²) >= 11 is 0. The molecule has 0 unspecified atom stereocenters. The van der Waals surface area contributed by atoms with Crippen molar-refractivity contribution in [1.29, 1.82) is 10.5 Å². The first-order valence-electron chi connectivity index (χ1n) is 11.1. The molecular weight excluding hydrogens is 384 g/mol. The molecule has 0 saturated heterocycles. The van der Waals surface area contributed by atoms with Gasteiger partial charge >= 0.3 is 0 Å². The summed E-state index contributed by atoms with van der Waals surface area (Å²) in [7, 11) is 0. The summed E-state index contributed by atoms with van der Waals surface area (Å²) < 4.78 is 10.8. The Morgan fingerprint density at radius 3 is 1.03 bits per heavy atom. The molecule has 0 aliphatic carbocycles. The van der Waals surface area contributed by atoms with Crippen LogP contribution < -0.4 is 9.47 Å². The highest BCUT2D eigenvalue weighted by Gasteiger charge is 2.20. The van der Waals surface area contributed by atoms with Gasteiger partial charge in [0.05, 0.1) is 0 Å². The van der Waals surface area contributed by atoms with Gasteiger partial charge in [0.1, 0.15) is 11.5 Å². The van der Waals surface area contributed by atoms with E-state index in [9.17, 15) is 0 Å². The Hall–Kier alpha value is -2.98. The Bertz CT molecular complexity index is 865. The second-order valence-corrected chi connectivity index (χ2v) is 9.39. The maximum absolute atomic E-state index is 9.16. The van der Waals surface area contributed by atoms with Crippen LogP contribution in [0.5, 0.6) is 11.5 Å². The monoisotopic (exact) mass is 418 g/mol. The first kappa shape index (κ1) is 24.3. The molecule has 0 aliphatic rings. The molecular formula is C27H34N2O2. The zero-order chi connectivity index (χ0) is 23.3. The number of hydrogen-bond acceptors (Lipinski definition) is 4. The van der Waals surface area contributed by atoms with Gasteiger partial charge in [0, 0.05) is 0 Å². The van der Waals surface area contributed by atoms with E-state index in [1.54, 1.807) is 0 Å². The van der Waals surface area contributed by atoms with Crippen molar-refractivity contribution >= 4 is 0 Å². The molecule has 0 heterocycles. The predicted octanol–water partition coefficient (Wildman–Crippen LogP) is 7.49. The number of nitriles is 2. The summed E-state index contributed by atoms with van der Waals surface area (Å²) in [6.45, 7) is 17.0. The minimum absolute atomic E-state index is 0.240. The van der Waals surface area contributed by atoms with E-state index in [1.165, 1.54) is 11.1 Å². The molecule has 164 valence electrons. The first-order chi connectivity index (χ1) is 14.6. The van der Waals surface area contributed by atoms with Crippen LogP contribution in [0.1, 0.15) is 112 Å². The summed E-state index contributed by atoms with van der Waals surface area (Å²) in [6.07, 6.45) is 4.49. The van der Waals surface area contributed by atoms with Crippen molar-refractivity contribution in [3.05, 3.63) is 57.6 Å². The third-order valence-corrected chi connectivity index (χ3v) is 5.60. The lowest BCUT2D eigenvalue weighted by atomic mass is 9.87. The summed E-state index contributed by atoms with van der Waals surface area (Å²) in [5.74, 6) is 2.35. The lowest BCUT2D eigenvalue weighted by Crippen LogP contribution is -2.05. The molecule has 2 aromatic rings. The fourth-order valence-electron chi connectivity index (χ4n) is 3.96. The van der Waals surface area contributed by atoms with Gasteiger partial charge in [-0.25, -0.2) is 0 Å². The molecule has 0 atom stereocenters. The highest BCUT2D eigenvalue weighted by Crippen LogP contribution is 2.39. The average molecular weight is 419 g/mol. The van der Waals surface area contributed by atoms with E-state index < -0.39 is 0 Å². The molecule has 0 aromatic heterocycles. The van der Waals surface area contributed by atoms with Gasteiger partial charge in [0.25, 0.3) is 12.5 Å². The van der Waals surface area contributed by atoms with Gasteiger partial charge in [-0.3, -0.25) is 0 Å². The quantitative estimate of drug-likeness (QED) is 0.416. The summed E-state index contributed by atoms with van der Waals surface area (Å²) in [5, 5.41) is 18.3. The Kier molecular flexibility index (Phi) is 8.12. The normalized spacial score (nSPS) is 11.2. The van der Waals surface area contributed by atoms with Crippen molar-refractivity contribution in [2.75, 3.05) is 0 Å². The van der Waals surface area contributed by atoms with E-state index >= 15 is 0 Å². The van der Waals surface area contributed by atoms with Crippen LogP contribution in [0.2, 0.25) is 0 Å². The highest BCUT2D eigenvalue weighted by molar-refractivity contribution is 5.52. The van der Waals surface area contributed by atoms with Crippen molar-refractivity contribution in [2.24, 2.45) is 0 Å². The SMILES string of the molecule is CC(C)c1cc(Cc2cc(C(C)C)c(OC#N)c(C(C)C)c2)cc(C(C)C)c1OC#N. The van der Waals surface area contributed by atoms with E-state index in [2.05, 4.69) is 79.7 Å². The van der Waals surface area contributed by atoms with Crippen molar-refractivity contribution in [1.82, 2.24) is 0 Å². The second kappa shape index (κ2) is 10.4. The minimum atomic E-state index is 0.240. The molecule has 2 rings (SSSR count). The van der Waals surface area contributed by atoms with Crippen LogP contribution >= 0.6 is 0 Å². The van der Waals surface area contributed by atoms with Crippen LogP contribution in [0.4, 0.5) is 0 Å². The molecule has 0 saturated carbocycles. The van der Waals surface area contributed by atoms with Crippen LogP contribution in [0.3, 0.4) is 0 Å². The van der Waals surface area contributed by atoms with Crippen LogP contribution in [0, 0.1) is 23.0 Å². The summed E-state index contributed by atoms with van der Waals surface area (Å²) in [5.41, 5.74) is 6.61. The van der Waals surface area contributed by atoms with Gasteiger partial charge in [0.2, 0.25) is 0 Å². The number of ether oxygens (including phenoxy) is 2. The van der Waals surface area contributed by atoms with E-state index in [0.29, 0.717) is 11.5 Å². The van der Waals surface area contributed by atoms with Gasteiger partial charge in [-0.1, -0.05) is 79.7 Å². The fraction of sp³-hybridized carbons (Fsp3) is 0.481. The number of rotatable bonds is 8. The number of nitrogens with zero attached hydrogens (tertiary/aromatic N) is 2. The van der Waals surface area contributed by atoms with Crippen molar-refractivity contribution < 1.29 is 9.47 Å². The maximum atomic E-state index is 9.16. The molecule has 4 nitrogen and oxygen atoms in total. The van der Waals surface area contributed by atoms with E-state index in [-0.39, 0.29) is 23.7 Å². The lowest BCUT2D eigenvalue weighted by Gasteiger charge is -2.21. The molecule has 0 spiro atoms. The zero-order valence-electron chi connectivity index (χ0n) is 20.0. The molecule has 0 radical (unpaired) electrons. The Morgan fingerprint density at radius 1 is 0.581 bits per heavy atom. The average Bonchev–Trinajstić information content (AvgIpc) is 2.69. The zero-order valence-corrected chi connectivity index (χ0v) is 20.0. The summed E-state index contributed by atoms with van der Waals surface area (Å²) in [4.78, 5) is 0. The Labute approximate surface area is 187 Å². The lowest BCUT2D eigenvalue weighted by molar-refractivity contribution is 0.485. The minimum Gasteiger partial charge on any atom is -0.387 e.